The Morgan fingerprint density at radius 2 is 1.88 bits per heavy atom. The van der Waals surface area contributed by atoms with Crippen molar-refractivity contribution in [3.05, 3.63) is 58.1 Å². The molecule has 0 amide bonds. The van der Waals surface area contributed by atoms with Crippen molar-refractivity contribution < 1.29 is 28.9 Å². The van der Waals surface area contributed by atoms with E-state index in [4.69, 9.17) is 24.1 Å². The molecule has 5 fully saturated rings. The first-order chi connectivity index (χ1) is 24.5. The predicted molar refractivity (Wildman–Crippen MR) is 201 cm³/mol. The number of aliphatic hydroxyl groups is 1. The molecular weight excluding hydrogens is 710 g/mol. The normalized spacial score (nSPS) is 38.4. The summed E-state index contributed by atoms with van der Waals surface area (Å²) in [7, 11) is 3.81. The first kappa shape index (κ1) is 36.8. The van der Waals surface area contributed by atoms with Crippen LogP contribution in [0.3, 0.4) is 0 Å². The number of oxime groups is 1. The van der Waals surface area contributed by atoms with E-state index < -0.39 is 17.1 Å². The fourth-order valence-electron chi connectivity index (χ4n) is 10.9. The summed E-state index contributed by atoms with van der Waals surface area (Å²) in [6.07, 6.45) is 15.5. The van der Waals surface area contributed by atoms with Crippen LogP contribution in [0.25, 0.3) is 0 Å². The zero-order valence-electron chi connectivity index (χ0n) is 31.0. The number of allylic oxidation sites excluding steroid dienone is 4. The third-order valence-electron chi connectivity index (χ3n) is 13.2. The van der Waals surface area contributed by atoms with E-state index in [1.807, 2.05) is 45.3 Å². The smallest absolute Gasteiger partial charge is 0.306 e. The molecule has 1 unspecified atom stereocenters. The maximum atomic E-state index is 12.7. The quantitative estimate of drug-likeness (QED) is 0.147. The van der Waals surface area contributed by atoms with Crippen LogP contribution >= 0.6 is 15.9 Å². The van der Waals surface area contributed by atoms with Gasteiger partial charge in [0.05, 0.1) is 12.2 Å². The minimum Gasteiger partial charge on any atom is -0.459 e. The molecule has 0 aromatic heterocycles. The molecule has 10 heteroatoms. The zero-order valence-corrected chi connectivity index (χ0v) is 32.6. The highest BCUT2D eigenvalue weighted by Gasteiger charge is 2.75. The van der Waals surface area contributed by atoms with Gasteiger partial charge in [-0.15, -0.1) is 0 Å². The van der Waals surface area contributed by atoms with Gasteiger partial charge in [0.2, 0.25) is 0 Å². The molecule has 9 atom stereocenters. The van der Waals surface area contributed by atoms with E-state index >= 15 is 0 Å². The lowest BCUT2D eigenvalue weighted by Crippen LogP contribution is -2.64. The first-order valence-corrected chi connectivity index (χ1v) is 20.0. The van der Waals surface area contributed by atoms with Crippen molar-refractivity contribution in [2.45, 2.75) is 122 Å². The Kier molecular flexibility index (Phi) is 10.6. The van der Waals surface area contributed by atoms with E-state index in [9.17, 15) is 9.90 Å². The fourth-order valence-corrected chi connectivity index (χ4v) is 11.2. The van der Waals surface area contributed by atoms with E-state index in [1.165, 1.54) is 24.8 Å². The molecule has 1 heterocycles. The molecular formula is C41H56BrN3O6. The fraction of sp³-hybridized carbons (Fsp3) is 0.683. The maximum Gasteiger partial charge on any atom is 0.306 e. The second-order valence-electron chi connectivity index (χ2n) is 16.5. The zero-order chi connectivity index (χ0) is 36.0. The number of ether oxygens (including phenoxy) is 3. The number of carbonyl (C=O) groups is 1. The van der Waals surface area contributed by atoms with Crippen molar-refractivity contribution >= 4 is 33.3 Å². The van der Waals surface area contributed by atoms with E-state index in [-0.39, 0.29) is 48.1 Å². The lowest BCUT2D eigenvalue weighted by molar-refractivity contribution is -0.190. The molecule has 1 N–H and O–H groups in total. The minimum absolute atomic E-state index is 0.0405. The third-order valence-corrected chi connectivity index (χ3v) is 13.7. The predicted octanol–water partition coefficient (Wildman–Crippen LogP) is 7.96. The molecule has 0 bridgehead atoms. The van der Waals surface area contributed by atoms with Crippen molar-refractivity contribution in [3.63, 3.8) is 0 Å². The Bertz CT molecular complexity index is 1570. The second-order valence-corrected chi connectivity index (χ2v) is 17.4. The Balaban J connectivity index is 1.18. The van der Waals surface area contributed by atoms with Crippen molar-refractivity contribution in [3.8, 4) is 0 Å². The number of hydrogen-bond acceptors (Lipinski definition) is 9. The number of carbonyl (C=O) groups excluding carboxylic acids is 1. The van der Waals surface area contributed by atoms with Crippen molar-refractivity contribution in [2.75, 3.05) is 20.7 Å². The van der Waals surface area contributed by atoms with E-state index in [1.54, 1.807) is 5.01 Å². The summed E-state index contributed by atoms with van der Waals surface area (Å²) >= 11 is 3.48. The average Bonchev–Trinajstić information content (AvgIpc) is 3.60. The molecule has 6 aliphatic rings. The van der Waals surface area contributed by atoms with Crippen LogP contribution in [0, 0.1) is 34.5 Å². The van der Waals surface area contributed by atoms with Gasteiger partial charge in [0.1, 0.15) is 30.2 Å². The summed E-state index contributed by atoms with van der Waals surface area (Å²) in [4.78, 5) is 18.5. The van der Waals surface area contributed by atoms with Gasteiger partial charge in [-0.1, -0.05) is 84.9 Å². The van der Waals surface area contributed by atoms with Gasteiger partial charge in [-0.25, -0.2) is 0 Å². The van der Waals surface area contributed by atoms with E-state index in [0.717, 1.165) is 54.3 Å². The number of fused-ring (bicyclic) bond motifs is 7. The molecule has 1 saturated heterocycles. The summed E-state index contributed by atoms with van der Waals surface area (Å²) in [5.74, 6) is 0.630. The van der Waals surface area contributed by atoms with Gasteiger partial charge < -0.3 is 29.2 Å². The van der Waals surface area contributed by atoms with Crippen LogP contribution in [0.15, 0.2) is 62.8 Å². The van der Waals surface area contributed by atoms with Crippen LogP contribution < -0.4 is 0 Å². The minimum atomic E-state index is -0.909. The van der Waals surface area contributed by atoms with Gasteiger partial charge >= 0.3 is 5.97 Å². The summed E-state index contributed by atoms with van der Waals surface area (Å²) in [5, 5.41) is 23.7. The summed E-state index contributed by atoms with van der Waals surface area (Å²) in [6, 6.07) is 8.06. The Labute approximate surface area is 312 Å². The maximum absolute atomic E-state index is 12.7. The number of hydrazone groups is 1. The highest BCUT2D eigenvalue weighted by Crippen LogP contribution is 2.70. The van der Waals surface area contributed by atoms with Crippen LogP contribution in [0.5, 0.6) is 0 Å². The molecule has 5 aliphatic carbocycles. The highest BCUT2D eigenvalue weighted by atomic mass is 79.9. The lowest BCUT2D eigenvalue weighted by Gasteiger charge is -2.60. The molecule has 278 valence electrons. The molecule has 7 rings (SSSR count). The summed E-state index contributed by atoms with van der Waals surface area (Å²) in [5.41, 5.74) is 2.19. The summed E-state index contributed by atoms with van der Waals surface area (Å²) in [6.45, 7) is 7.04. The number of nitrogens with zero attached hydrogens (tertiary/aromatic N) is 3. The monoisotopic (exact) mass is 765 g/mol. The number of aliphatic hydroxyl groups excluding tert-OH is 1. The number of halogens is 1. The van der Waals surface area contributed by atoms with Gasteiger partial charge in [-0.3, -0.25) is 4.79 Å². The molecule has 4 saturated carbocycles. The Hall–Kier alpha value is -2.53. The Morgan fingerprint density at radius 1 is 1.12 bits per heavy atom. The van der Waals surface area contributed by atoms with Crippen molar-refractivity contribution in [2.24, 2.45) is 44.8 Å². The topological polar surface area (TPSA) is 102 Å². The molecule has 1 aromatic rings. The van der Waals surface area contributed by atoms with E-state index in [2.05, 4.69) is 53.2 Å². The van der Waals surface area contributed by atoms with Gasteiger partial charge in [-0.2, -0.15) is 5.10 Å². The number of benzene rings is 1. The molecule has 1 aliphatic heterocycles. The number of rotatable bonds is 10. The highest BCUT2D eigenvalue weighted by molar-refractivity contribution is 9.10. The third kappa shape index (κ3) is 6.65. The lowest BCUT2D eigenvalue weighted by atomic mass is 9.46. The van der Waals surface area contributed by atoms with Crippen molar-refractivity contribution in [1.29, 1.82) is 0 Å². The van der Waals surface area contributed by atoms with Gasteiger partial charge in [-0.05, 0) is 86.6 Å². The molecule has 9 nitrogen and oxygen atoms in total. The number of esters is 1. The van der Waals surface area contributed by atoms with Crippen LogP contribution in [-0.4, -0.2) is 72.3 Å². The second kappa shape index (κ2) is 14.7. The van der Waals surface area contributed by atoms with Crippen LogP contribution in [0.4, 0.5) is 0 Å². The van der Waals surface area contributed by atoms with Crippen LogP contribution in [-0.2, 0) is 30.4 Å². The Morgan fingerprint density at radius 3 is 2.61 bits per heavy atom. The van der Waals surface area contributed by atoms with Gasteiger partial charge in [0, 0.05) is 47.7 Å². The van der Waals surface area contributed by atoms with Crippen LogP contribution in [0.1, 0.15) is 97.0 Å². The number of hydrogen-bond donors (Lipinski definition) is 1. The van der Waals surface area contributed by atoms with Gasteiger partial charge in [0.15, 0.2) is 6.29 Å². The molecule has 0 radical (unpaired) electrons. The molecule has 0 spiro atoms. The molecule has 51 heavy (non-hydrogen) atoms. The standard InChI is InChI=1S/C41H56BrN3O6/c1-6-10-36(47)48-25-34(43-45(4)5)41-35(50-38(51-41)27-11-8-7-9-12-27)22-32-31-18-15-28-21-30(44-49-24-26-13-16-29(42)17-14-26)19-20-39(28,2)37(31)33(46)23-40(32,41)3/h13-14,16-17,19-21,27,31-33,35,37-38,46H,6-12,15,18,22-25H2,1-5H3/b43-34?,44-30-/t31-,32-,33-,35+,37+,38?,39-,40-,41+/m0/s1. The van der Waals surface area contributed by atoms with Crippen LogP contribution in [0.2, 0.25) is 0 Å². The first-order valence-electron chi connectivity index (χ1n) is 19.3. The van der Waals surface area contributed by atoms with Gasteiger partial charge in [0.25, 0.3) is 0 Å². The summed E-state index contributed by atoms with van der Waals surface area (Å²) < 4.78 is 21.3. The SMILES string of the molecule is CCCC(=O)OCC(=NN(C)C)[C@@]12OC(C3CCCCC3)O[C@@H]1C[C@H]1[C@@H]3CCC4=C/C(=N\OCc5ccc(Br)cc5)C=C[C@]4(C)[C@H]3[C@@H](O)C[C@@]12C. The molecule has 1 aromatic carbocycles. The van der Waals surface area contributed by atoms with Crippen molar-refractivity contribution in [1.82, 2.24) is 5.01 Å². The average molecular weight is 767 g/mol. The largest absolute Gasteiger partial charge is 0.459 e. The van der Waals surface area contributed by atoms with E-state index in [0.29, 0.717) is 31.1 Å².